The SMILES string of the molecule is N#COc1cccc(C=Cc2ccccc2S(=O)(=O)O)c1S(=O)(=O)O. The average molecular weight is 381 g/mol. The molecular formula is C15H11NO7S2. The van der Waals surface area contributed by atoms with Crippen LogP contribution in [0.1, 0.15) is 11.1 Å². The smallest absolute Gasteiger partial charge is 0.298 e. The molecule has 0 fully saturated rings. The fraction of sp³-hybridized carbons (Fsp3) is 0. The quantitative estimate of drug-likeness (QED) is 0.456. The highest BCUT2D eigenvalue weighted by Crippen LogP contribution is 2.29. The van der Waals surface area contributed by atoms with Gasteiger partial charge in [0.15, 0.2) is 5.75 Å². The van der Waals surface area contributed by atoms with E-state index in [0.717, 1.165) is 0 Å². The van der Waals surface area contributed by atoms with E-state index in [1.807, 2.05) is 0 Å². The van der Waals surface area contributed by atoms with Gasteiger partial charge < -0.3 is 4.74 Å². The van der Waals surface area contributed by atoms with Crippen molar-refractivity contribution in [2.75, 3.05) is 0 Å². The first-order valence-electron chi connectivity index (χ1n) is 6.55. The summed E-state index contributed by atoms with van der Waals surface area (Å²) >= 11 is 0. The van der Waals surface area contributed by atoms with Crippen LogP contribution in [0.3, 0.4) is 0 Å². The van der Waals surface area contributed by atoms with E-state index in [9.17, 15) is 25.9 Å². The molecule has 10 heteroatoms. The molecule has 0 radical (unpaired) electrons. The molecule has 2 aromatic carbocycles. The molecule has 0 aliphatic rings. The summed E-state index contributed by atoms with van der Waals surface area (Å²) in [6, 6.07) is 9.38. The van der Waals surface area contributed by atoms with Gasteiger partial charge in [-0.3, -0.25) is 9.11 Å². The van der Waals surface area contributed by atoms with Crippen LogP contribution in [0.15, 0.2) is 52.3 Å². The van der Waals surface area contributed by atoms with Crippen molar-refractivity contribution in [2.45, 2.75) is 9.79 Å². The Morgan fingerprint density at radius 2 is 1.48 bits per heavy atom. The molecule has 0 aliphatic heterocycles. The minimum Gasteiger partial charge on any atom is -0.387 e. The van der Waals surface area contributed by atoms with E-state index >= 15 is 0 Å². The predicted octanol–water partition coefficient (Wildman–Crippen LogP) is 2.21. The normalized spacial score (nSPS) is 12.0. The third-order valence-electron chi connectivity index (χ3n) is 3.06. The molecule has 2 rings (SSSR count). The monoisotopic (exact) mass is 381 g/mol. The first-order valence-corrected chi connectivity index (χ1v) is 9.43. The standard InChI is InChI=1S/C15H11NO7S2/c16-10-23-13-6-3-5-12(15(13)25(20,21)22)9-8-11-4-1-2-7-14(11)24(17,18)19/h1-9H,(H,17,18,19)(H,20,21,22). The molecule has 0 bridgehead atoms. The zero-order valence-electron chi connectivity index (χ0n) is 12.4. The van der Waals surface area contributed by atoms with E-state index in [0.29, 0.717) is 0 Å². The fourth-order valence-electron chi connectivity index (χ4n) is 2.10. The molecule has 0 saturated heterocycles. The second-order valence-corrected chi connectivity index (χ2v) is 7.44. The van der Waals surface area contributed by atoms with Crippen LogP contribution in [-0.2, 0) is 20.2 Å². The number of hydrogen-bond donors (Lipinski definition) is 2. The van der Waals surface area contributed by atoms with Crippen LogP contribution in [-0.4, -0.2) is 25.9 Å². The second-order valence-electron chi connectivity index (χ2n) is 4.69. The topological polar surface area (TPSA) is 142 Å². The van der Waals surface area contributed by atoms with Gasteiger partial charge in [0.2, 0.25) is 0 Å². The van der Waals surface area contributed by atoms with E-state index in [4.69, 9.17) is 5.26 Å². The Bertz CT molecular complexity index is 1080. The molecular weight excluding hydrogens is 370 g/mol. The zero-order chi connectivity index (χ0) is 18.7. The summed E-state index contributed by atoms with van der Waals surface area (Å²) in [4.78, 5) is -1.01. The molecule has 0 amide bonds. The van der Waals surface area contributed by atoms with Crippen LogP contribution >= 0.6 is 0 Å². The van der Waals surface area contributed by atoms with E-state index in [2.05, 4.69) is 4.74 Å². The van der Waals surface area contributed by atoms with Crippen molar-refractivity contribution in [2.24, 2.45) is 0 Å². The molecule has 25 heavy (non-hydrogen) atoms. The van der Waals surface area contributed by atoms with Crippen molar-refractivity contribution in [3.8, 4) is 12.0 Å². The Balaban J connectivity index is 2.62. The third kappa shape index (κ3) is 4.43. The van der Waals surface area contributed by atoms with Gasteiger partial charge in [-0.25, -0.2) is 0 Å². The van der Waals surface area contributed by atoms with Gasteiger partial charge in [-0.15, -0.1) is 5.26 Å². The lowest BCUT2D eigenvalue weighted by Crippen LogP contribution is -2.04. The maximum atomic E-state index is 11.6. The Labute approximate surface area is 144 Å². The van der Waals surface area contributed by atoms with Gasteiger partial charge in [0.25, 0.3) is 26.5 Å². The maximum Gasteiger partial charge on any atom is 0.298 e. The Morgan fingerprint density at radius 1 is 0.880 bits per heavy atom. The van der Waals surface area contributed by atoms with Crippen molar-refractivity contribution in [1.82, 2.24) is 0 Å². The van der Waals surface area contributed by atoms with Gasteiger partial charge in [-0.2, -0.15) is 16.8 Å². The molecule has 0 heterocycles. The van der Waals surface area contributed by atoms with Crippen molar-refractivity contribution in [1.29, 1.82) is 5.26 Å². The van der Waals surface area contributed by atoms with Gasteiger partial charge in [-0.05, 0) is 23.3 Å². The van der Waals surface area contributed by atoms with Crippen LogP contribution in [0, 0.1) is 11.5 Å². The highest BCUT2D eigenvalue weighted by molar-refractivity contribution is 7.86. The van der Waals surface area contributed by atoms with Crippen LogP contribution in [0.25, 0.3) is 12.2 Å². The van der Waals surface area contributed by atoms with Crippen molar-refractivity contribution in [3.05, 3.63) is 53.6 Å². The summed E-state index contributed by atoms with van der Waals surface area (Å²) < 4.78 is 69.0. The van der Waals surface area contributed by atoms with Crippen molar-refractivity contribution in [3.63, 3.8) is 0 Å². The van der Waals surface area contributed by atoms with Crippen molar-refractivity contribution >= 4 is 32.4 Å². The van der Waals surface area contributed by atoms with Gasteiger partial charge in [0.05, 0.1) is 0 Å². The van der Waals surface area contributed by atoms with Crippen molar-refractivity contribution < 1.29 is 30.7 Å². The summed E-state index contributed by atoms with van der Waals surface area (Å²) in [6.07, 6.45) is 3.76. The van der Waals surface area contributed by atoms with Gasteiger partial charge in [-0.1, -0.05) is 42.5 Å². The summed E-state index contributed by atoms with van der Waals surface area (Å²) in [6.45, 7) is 0. The zero-order valence-corrected chi connectivity index (χ0v) is 14.0. The number of ether oxygens (including phenoxy) is 1. The van der Waals surface area contributed by atoms with Crippen LogP contribution in [0.2, 0.25) is 0 Å². The first-order chi connectivity index (χ1) is 11.6. The minimum absolute atomic E-state index is 0.0413. The maximum absolute atomic E-state index is 11.6. The first kappa shape index (κ1) is 18.6. The fourth-order valence-corrected chi connectivity index (χ4v) is 3.58. The largest absolute Gasteiger partial charge is 0.387 e. The lowest BCUT2D eigenvalue weighted by Gasteiger charge is -2.07. The summed E-state index contributed by atoms with van der Waals surface area (Å²) in [5.74, 6) is -0.379. The molecule has 0 spiro atoms. The van der Waals surface area contributed by atoms with E-state index in [-0.39, 0.29) is 21.8 Å². The van der Waals surface area contributed by atoms with Crippen LogP contribution < -0.4 is 4.74 Å². The Kier molecular flexibility index (Phi) is 5.24. The number of nitriles is 1. The molecule has 2 N–H and O–H groups in total. The number of hydrogen-bond acceptors (Lipinski definition) is 6. The summed E-state index contributed by atoms with van der Waals surface area (Å²) in [7, 11) is -9.20. The molecule has 0 saturated carbocycles. The van der Waals surface area contributed by atoms with Gasteiger partial charge in [0.1, 0.15) is 9.79 Å². The molecule has 0 aromatic heterocycles. The number of benzene rings is 2. The Morgan fingerprint density at radius 3 is 2.08 bits per heavy atom. The molecule has 2 aromatic rings. The highest BCUT2D eigenvalue weighted by Gasteiger charge is 2.21. The molecule has 0 aliphatic carbocycles. The minimum atomic E-state index is -4.72. The highest BCUT2D eigenvalue weighted by atomic mass is 32.2. The van der Waals surface area contributed by atoms with Gasteiger partial charge >= 0.3 is 0 Å². The second kappa shape index (κ2) is 7.04. The van der Waals surface area contributed by atoms with E-state index < -0.39 is 25.1 Å². The molecule has 8 nitrogen and oxygen atoms in total. The number of rotatable bonds is 5. The molecule has 130 valence electrons. The summed E-state index contributed by atoms with van der Waals surface area (Å²) in [5.41, 5.74) is 0.0540. The average Bonchev–Trinajstić information content (AvgIpc) is 2.51. The third-order valence-corrected chi connectivity index (χ3v) is 4.94. The van der Waals surface area contributed by atoms with Crippen LogP contribution in [0.4, 0.5) is 0 Å². The molecule has 0 unspecified atom stereocenters. The Hall–Kier alpha value is -2.71. The van der Waals surface area contributed by atoms with Gasteiger partial charge in [0, 0.05) is 0 Å². The lowest BCUT2D eigenvalue weighted by atomic mass is 10.1. The lowest BCUT2D eigenvalue weighted by molar-refractivity contribution is 0.461. The predicted molar refractivity (Wildman–Crippen MR) is 87.7 cm³/mol. The van der Waals surface area contributed by atoms with E-state index in [1.54, 1.807) is 0 Å². The number of nitrogens with zero attached hydrogens (tertiary/aromatic N) is 1. The van der Waals surface area contributed by atoms with E-state index in [1.165, 1.54) is 60.9 Å². The van der Waals surface area contributed by atoms with Crippen LogP contribution in [0.5, 0.6) is 5.75 Å². The summed E-state index contributed by atoms with van der Waals surface area (Å²) in [5, 5.41) is 8.57. The molecule has 0 atom stereocenters.